The average molecular weight is 610 g/mol. The molecule has 2 aliphatic heterocycles. The summed E-state index contributed by atoms with van der Waals surface area (Å²) in [6.45, 7) is 8.14. The van der Waals surface area contributed by atoms with Crippen LogP contribution in [0.1, 0.15) is 40.8 Å². The van der Waals surface area contributed by atoms with Gasteiger partial charge in [-0.1, -0.05) is 0 Å². The second-order valence-electron chi connectivity index (χ2n) is 10.3. The van der Waals surface area contributed by atoms with E-state index in [0.717, 1.165) is 14.2 Å². The van der Waals surface area contributed by atoms with Crippen molar-refractivity contribution in [2.75, 3.05) is 26.6 Å². The Hall–Kier alpha value is -2.43. The van der Waals surface area contributed by atoms with E-state index in [9.17, 15) is 19.3 Å². The largest absolute Gasteiger partial charge is 0.481 e. The van der Waals surface area contributed by atoms with E-state index in [0.29, 0.717) is 11.2 Å². The Labute approximate surface area is 234 Å². The van der Waals surface area contributed by atoms with Gasteiger partial charge in [0.15, 0.2) is 23.5 Å². The lowest BCUT2D eigenvalue weighted by molar-refractivity contribution is -0.203. The number of hydrogen-bond acceptors (Lipinski definition) is 13. The Morgan fingerprint density at radius 1 is 1.20 bits per heavy atom. The zero-order valence-corrected chi connectivity index (χ0v) is 24.6. The summed E-state index contributed by atoms with van der Waals surface area (Å²) in [5.41, 5.74) is 5.95. The van der Waals surface area contributed by atoms with Crippen molar-refractivity contribution in [2.45, 2.75) is 70.8 Å². The highest BCUT2D eigenvalue weighted by Crippen LogP contribution is 2.52. The van der Waals surface area contributed by atoms with E-state index < -0.39 is 61.1 Å². The molecule has 0 bridgehead atoms. The van der Waals surface area contributed by atoms with Gasteiger partial charge >= 0.3 is 19.5 Å². The van der Waals surface area contributed by atoms with Crippen molar-refractivity contribution in [2.24, 2.45) is 5.41 Å². The highest BCUT2D eigenvalue weighted by molar-refractivity contribution is 7.55. The van der Waals surface area contributed by atoms with Gasteiger partial charge < -0.3 is 43.9 Å². The average Bonchev–Trinajstić information content (AvgIpc) is 3.49. The van der Waals surface area contributed by atoms with Crippen LogP contribution in [0.5, 0.6) is 0 Å². The number of aromatic nitrogens is 4. The van der Waals surface area contributed by atoms with Gasteiger partial charge in [-0.3, -0.25) is 13.9 Å². The molecule has 18 heteroatoms. The van der Waals surface area contributed by atoms with E-state index >= 15 is 0 Å². The standard InChI is InChI=1S/C17H23ClN5O9P.C5H10O2/c1-17(2)31-9-7(5-29-15(14(24)25)33(26,27-3)28-4)30-13(10(9)32-17)23-6-20-8-11(19)21-16(18)22-12(8)23;1-5(2,3)4(6)7/h6-7,9-10,13,15H,5H2,1-4H3,(H,24,25)(H2,19,21,22);1-3H3,(H,6,7)/t7-,9-,10-,13-,15?;/m1./s1. The maximum absolute atomic E-state index is 12.6. The van der Waals surface area contributed by atoms with Gasteiger partial charge in [-0.2, -0.15) is 9.97 Å². The van der Waals surface area contributed by atoms with Crippen molar-refractivity contribution < 1.29 is 52.4 Å². The van der Waals surface area contributed by atoms with Crippen molar-refractivity contribution in [3.05, 3.63) is 11.6 Å². The maximum atomic E-state index is 12.6. The number of carbonyl (C=O) groups is 2. The van der Waals surface area contributed by atoms with Crippen LogP contribution < -0.4 is 5.73 Å². The number of carboxylic acids is 2. The Morgan fingerprint density at radius 3 is 2.30 bits per heavy atom. The van der Waals surface area contributed by atoms with Crippen LogP contribution in [-0.2, 0) is 42.1 Å². The van der Waals surface area contributed by atoms with Crippen LogP contribution in [0.25, 0.3) is 11.2 Å². The summed E-state index contributed by atoms with van der Waals surface area (Å²) in [5.74, 6) is -5.00. The van der Waals surface area contributed by atoms with Crippen molar-refractivity contribution in [3.8, 4) is 0 Å². The summed E-state index contributed by atoms with van der Waals surface area (Å²) in [4.78, 5) is 34.0. The van der Waals surface area contributed by atoms with E-state index in [4.69, 9.17) is 50.4 Å². The summed E-state index contributed by atoms with van der Waals surface area (Å²) >= 11 is 5.96. The maximum Gasteiger partial charge on any atom is 0.370 e. The quantitative estimate of drug-likeness (QED) is 0.289. The molecule has 1 unspecified atom stereocenters. The minimum atomic E-state index is -4.07. The van der Waals surface area contributed by atoms with Gasteiger partial charge in [0, 0.05) is 14.2 Å². The van der Waals surface area contributed by atoms with Gasteiger partial charge in [0.05, 0.1) is 18.3 Å². The van der Waals surface area contributed by atoms with Gasteiger partial charge in [0.25, 0.3) is 5.85 Å². The van der Waals surface area contributed by atoms with Crippen LogP contribution in [0.4, 0.5) is 5.82 Å². The number of nitrogens with zero attached hydrogens (tertiary/aromatic N) is 4. The number of nitrogens with two attached hydrogens (primary N) is 1. The molecule has 0 amide bonds. The minimum Gasteiger partial charge on any atom is -0.481 e. The van der Waals surface area contributed by atoms with Crippen LogP contribution in [0.2, 0.25) is 5.28 Å². The predicted octanol–water partition coefficient (Wildman–Crippen LogP) is 2.51. The van der Waals surface area contributed by atoms with E-state index in [-0.39, 0.29) is 17.7 Å². The number of carboxylic acid groups (broad SMARTS) is 2. The first-order valence-electron chi connectivity index (χ1n) is 11.9. The molecular formula is C22H33ClN5O11P. The van der Waals surface area contributed by atoms with Gasteiger partial charge in [0.2, 0.25) is 5.28 Å². The highest BCUT2D eigenvalue weighted by Gasteiger charge is 2.57. The molecule has 224 valence electrons. The molecule has 2 fully saturated rings. The van der Waals surface area contributed by atoms with Crippen molar-refractivity contribution >= 4 is 48.1 Å². The van der Waals surface area contributed by atoms with E-state index in [1.165, 1.54) is 6.33 Å². The lowest BCUT2D eigenvalue weighted by Gasteiger charge is -2.26. The number of halogens is 1. The Balaban J connectivity index is 0.000000559. The molecule has 2 aromatic heterocycles. The van der Waals surface area contributed by atoms with Crippen molar-refractivity contribution in [1.29, 1.82) is 0 Å². The molecule has 4 N–H and O–H groups in total. The number of nitrogen functional groups attached to an aromatic ring is 1. The molecule has 4 rings (SSSR count). The van der Waals surface area contributed by atoms with Crippen LogP contribution in [-0.4, -0.2) is 92.4 Å². The fraction of sp³-hybridized carbons (Fsp3) is 0.682. The molecule has 2 aromatic rings. The molecule has 0 aliphatic carbocycles. The Bertz CT molecular complexity index is 1290. The lowest BCUT2D eigenvalue weighted by atomic mass is 9.98. The molecule has 0 radical (unpaired) electrons. The normalized spacial score (nSPS) is 24.8. The molecule has 0 saturated carbocycles. The summed E-state index contributed by atoms with van der Waals surface area (Å²) in [5, 5.41) is 17.7. The zero-order valence-electron chi connectivity index (χ0n) is 22.9. The fourth-order valence-electron chi connectivity index (χ4n) is 3.86. The number of imidazole rings is 1. The first-order valence-corrected chi connectivity index (χ1v) is 13.9. The molecule has 0 spiro atoms. The van der Waals surface area contributed by atoms with Gasteiger partial charge in [-0.15, -0.1) is 0 Å². The predicted molar refractivity (Wildman–Crippen MR) is 139 cm³/mol. The second kappa shape index (κ2) is 11.8. The monoisotopic (exact) mass is 609 g/mol. The Morgan fingerprint density at radius 2 is 1.77 bits per heavy atom. The number of rotatable bonds is 8. The van der Waals surface area contributed by atoms with Crippen molar-refractivity contribution in [1.82, 2.24) is 19.5 Å². The van der Waals surface area contributed by atoms with E-state index in [1.807, 2.05) is 0 Å². The Kier molecular flexibility index (Phi) is 9.48. The summed E-state index contributed by atoms with van der Waals surface area (Å²) < 4.78 is 47.3. The molecule has 2 aliphatic rings. The van der Waals surface area contributed by atoms with E-state index in [1.54, 1.807) is 39.2 Å². The number of anilines is 1. The third-order valence-corrected chi connectivity index (χ3v) is 8.02. The van der Waals surface area contributed by atoms with Gasteiger partial charge in [0.1, 0.15) is 23.8 Å². The second-order valence-corrected chi connectivity index (χ2v) is 12.9. The summed E-state index contributed by atoms with van der Waals surface area (Å²) in [7, 11) is -1.93. The number of aliphatic carboxylic acids is 2. The number of ether oxygens (including phenoxy) is 4. The molecule has 4 heterocycles. The zero-order chi connectivity index (χ0) is 30.2. The number of fused-ring (bicyclic) bond motifs is 2. The van der Waals surface area contributed by atoms with Gasteiger partial charge in [-0.05, 0) is 46.2 Å². The van der Waals surface area contributed by atoms with E-state index in [2.05, 4.69) is 15.0 Å². The summed E-state index contributed by atoms with van der Waals surface area (Å²) in [6, 6.07) is 0. The number of hydrogen-bond donors (Lipinski definition) is 3. The molecule has 0 aromatic carbocycles. The smallest absolute Gasteiger partial charge is 0.370 e. The van der Waals surface area contributed by atoms with Crippen molar-refractivity contribution in [3.63, 3.8) is 0 Å². The highest BCUT2D eigenvalue weighted by atomic mass is 35.5. The molecule has 5 atom stereocenters. The molecule has 40 heavy (non-hydrogen) atoms. The third-order valence-electron chi connectivity index (χ3n) is 5.89. The molecular weight excluding hydrogens is 577 g/mol. The SMILES string of the molecule is CC(C)(C)C(=O)O.COP(=O)(OC)C(OC[C@H]1O[C@@H](n2cnc3c(N)nc(Cl)nc32)[C@@H]2OC(C)(C)O[C@@H]21)C(=O)O. The minimum absolute atomic E-state index is 0.0701. The van der Waals surface area contributed by atoms with Crippen LogP contribution >= 0.6 is 19.2 Å². The van der Waals surface area contributed by atoms with Crippen LogP contribution in [0.15, 0.2) is 6.33 Å². The fourth-order valence-corrected chi connectivity index (χ4v) is 5.11. The molecule has 16 nitrogen and oxygen atoms in total. The first-order chi connectivity index (χ1) is 18.4. The topological polar surface area (TPSA) is 217 Å². The van der Waals surface area contributed by atoms with Gasteiger partial charge in [-0.25, -0.2) is 9.78 Å². The van der Waals surface area contributed by atoms with Crippen LogP contribution in [0.3, 0.4) is 0 Å². The first kappa shape index (κ1) is 32.1. The summed E-state index contributed by atoms with van der Waals surface area (Å²) in [6.07, 6.45) is -1.44. The third kappa shape index (κ3) is 6.71. The lowest BCUT2D eigenvalue weighted by Crippen LogP contribution is -2.36. The van der Waals surface area contributed by atoms with Crippen LogP contribution in [0, 0.1) is 5.41 Å². The molecule has 2 saturated heterocycles.